The molecule has 0 aliphatic rings. The van der Waals surface area contributed by atoms with Gasteiger partial charge < -0.3 is 14.1 Å². The summed E-state index contributed by atoms with van der Waals surface area (Å²) in [4.78, 5) is 7.35. The van der Waals surface area contributed by atoms with Crippen molar-refractivity contribution >= 4 is 60.2 Å². The quantitative estimate of drug-likeness (QED) is 0.193. The maximum absolute atomic E-state index is 7.07. The van der Waals surface area contributed by atoms with Gasteiger partial charge in [0, 0.05) is 43.6 Å². The van der Waals surface area contributed by atoms with Crippen LogP contribution < -0.4 is 0 Å². The minimum Gasteiger partial charge on any atom is -0.455 e. The summed E-state index contributed by atoms with van der Waals surface area (Å²) in [5, 5.41) is 5.28. The Morgan fingerprint density at radius 2 is 0.919 bits per heavy atom. The van der Waals surface area contributed by atoms with Gasteiger partial charge in [-0.3, -0.25) is 0 Å². The molecule has 0 unspecified atom stereocenters. The molecule has 0 aliphatic heterocycles. The van der Waals surface area contributed by atoms with Gasteiger partial charge in [-0.25, -0.2) is 0 Å². The SMILES string of the molecule is C[Si](C)(CCc1cccc2c1[nH]c1ccccc12)O[Si](C)(C)CCc1cccc2c1[nH]c1ccccc12. The minimum absolute atomic E-state index is 1.06. The molecule has 6 rings (SSSR count). The summed E-state index contributed by atoms with van der Waals surface area (Å²) in [7, 11) is -3.65. The van der Waals surface area contributed by atoms with Gasteiger partial charge in [0.15, 0.2) is 16.6 Å². The van der Waals surface area contributed by atoms with Crippen molar-refractivity contribution in [3.05, 3.63) is 96.1 Å². The molecule has 0 saturated carbocycles. The molecule has 0 fully saturated rings. The Morgan fingerprint density at radius 3 is 1.38 bits per heavy atom. The second-order valence-electron chi connectivity index (χ2n) is 11.6. The first-order valence-electron chi connectivity index (χ1n) is 13.5. The summed E-state index contributed by atoms with van der Waals surface area (Å²) in [5.41, 5.74) is 7.83. The second kappa shape index (κ2) is 9.32. The Bertz CT molecular complexity index is 1600. The molecule has 2 heterocycles. The highest BCUT2D eigenvalue weighted by Crippen LogP contribution is 2.32. The molecule has 0 saturated heterocycles. The van der Waals surface area contributed by atoms with Crippen molar-refractivity contribution in [3.63, 3.8) is 0 Å². The van der Waals surface area contributed by atoms with Crippen LogP contribution in [0.25, 0.3) is 43.6 Å². The van der Waals surface area contributed by atoms with E-state index in [1.165, 1.54) is 54.7 Å². The molecule has 6 aromatic rings. The number of benzene rings is 4. The van der Waals surface area contributed by atoms with E-state index < -0.39 is 16.6 Å². The highest BCUT2D eigenvalue weighted by atomic mass is 28.4. The molecule has 0 spiro atoms. The van der Waals surface area contributed by atoms with Crippen LogP contribution in [0, 0.1) is 0 Å². The van der Waals surface area contributed by atoms with Crippen LogP contribution in [0.1, 0.15) is 11.1 Å². The van der Waals surface area contributed by atoms with Crippen LogP contribution >= 0.6 is 0 Å². The van der Waals surface area contributed by atoms with Crippen molar-refractivity contribution in [2.45, 2.75) is 51.1 Å². The van der Waals surface area contributed by atoms with Crippen molar-refractivity contribution in [1.29, 1.82) is 0 Å². The van der Waals surface area contributed by atoms with Gasteiger partial charge in [0.05, 0.1) is 0 Å². The Morgan fingerprint density at radius 1 is 0.514 bits per heavy atom. The molecule has 3 nitrogen and oxygen atoms in total. The number of para-hydroxylation sites is 4. The second-order valence-corrected chi connectivity index (χ2v) is 20.5. The number of fused-ring (bicyclic) bond motifs is 6. The monoisotopic (exact) mass is 520 g/mol. The molecule has 5 heteroatoms. The first-order valence-corrected chi connectivity index (χ1v) is 19.7. The summed E-state index contributed by atoms with van der Waals surface area (Å²) >= 11 is 0. The lowest BCUT2D eigenvalue weighted by Crippen LogP contribution is -2.44. The third-order valence-corrected chi connectivity index (χ3v) is 15.1. The van der Waals surface area contributed by atoms with Crippen LogP contribution in [0.15, 0.2) is 84.9 Å². The zero-order valence-corrected chi connectivity index (χ0v) is 24.3. The van der Waals surface area contributed by atoms with Gasteiger partial charge in [-0.1, -0.05) is 72.8 Å². The van der Waals surface area contributed by atoms with E-state index in [0.29, 0.717) is 0 Å². The van der Waals surface area contributed by atoms with Gasteiger partial charge in [-0.15, -0.1) is 0 Å². The smallest absolute Gasteiger partial charge is 0.173 e. The van der Waals surface area contributed by atoms with Crippen molar-refractivity contribution in [2.24, 2.45) is 0 Å². The molecule has 188 valence electrons. The number of nitrogens with one attached hydrogen (secondary N) is 2. The molecule has 2 aromatic heterocycles. The molecule has 4 aromatic carbocycles. The van der Waals surface area contributed by atoms with Crippen LogP contribution in [0.2, 0.25) is 38.3 Å². The predicted octanol–water partition coefficient (Wildman–Crippen LogP) is 9.17. The third-order valence-electron chi connectivity index (χ3n) is 7.80. The first kappa shape index (κ1) is 24.2. The zero-order valence-electron chi connectivity index (χ0n) is 22.3. The van der Waals surface area contributed by atoms with Crippen LogP contribution in [-0.4, -0.2) is 26.6 Å². The van der Waals surface area contributed by atoms with Gasteiger partial charge in [-0.05, 0) is 74.4 Å². The average molecular weight is 521 g/mol. The fourth-order valence-corrected chi connectivity index (χ4v) is 14.5. The number of aryl methyl sites for hydroxylation is 2. The third kappa shape index (κ3) is 4.79. The average Bonchev–Trinajstić information content (AvgIpc) is 3.45. The van der Waals surface area contributed by atoms with E-state index in [9.17, 15) is 0 Å². The van der Waals surface area contributed by atoms with Gasteiger partial charge in [0.1, 0.15) is 0 Å². The van der Waals surface area contributed by atoms with Crippen molar-refractivity contribution in [2.75, 3.05) is 0 Å². The van der Waals surface area contributed by atoms with E-state index in [-0.39, 0.29) is 0 Å². The maximum Gasteiger partial charge on any atom is 0.173 e. The van der Waals surface area contributed by atoms with Crippen LogP contribution in [-0.2, 0) is 17.0 Å². The number of rotatable bonds is 8. The molecule has 37 heavy (non-hydrogen) atoms. The van der Waals surface area contributed by atoms with Gasteiger partial charge in [-0.2, -0.15) is 0 Å². The topological polar surface area (TPSA) is 40.8 Å². The lowest BCUT2D eigenvalue weighted by atomic mass is 10.1. The Labute approximate surface area is 221 Å². The van der Waals surface area contributed by atoms with Crippen LogP contribution in [0.5, 0.6) is 0 Å². The molecule has 2 N–H and O–H groups in total. The Hall–Kier alpha value is -3.13. The molecule has 0 amide bonds. The highest BCUT2D eigenvalue weighted by Gasteiger charge is 2.33. The minimum atomic E-state index is -1.83. The number of H-pyrrole nitrogens is 2. The van der Waals surface area contributed by atoms with E-state index in [2.05, 4.69) is 121 Å². The molecular formula is C32H36N2OSi2. The van der Waals surface area contributed by atoms with Gasteiger partial charge in [0.25, 0.3) is 0 Å². The van der Waals surface area contributed by atoms with Crippen molar-refractivity contribution < 1.29 is 4.12 Å². The number of hydrogen-bond donors (Lipinski definition) is 2. The molecule has 0 bridgehead atoms. The predicted molar refractivity (Wildman–Crippen MR) is 165 cm³/mol. The van der Waals surface area contributed by atoms with E-state index >= 15 is 0 Å². The van der Waals surface area contributed by atoms with E-state index in [4.69, 9.17) is 4.12 Å². The Kier molecular flexibility index (Phi) is 6.10. The van der Waals surface area contributed by atoms with E-state index in [1.54, 1.807) is 0 Å². The first-order chi connectivity index (χ1) is 17.8. The lowest BCUT2D eigenvalue weighted by molar-refractivity contribution is 0.536. The summed E-state index contributed by atoms with van der Waals surface area (Å²) in [6, 6.07) is 32.9. The molecule has 0 radical (unpaired) electrons. The fraction of sp³-hybridized carbons (Fsp3) is 0.250. The number of hydrogen-bond acceptors (Lipinski definition) is 1. The van der Waals surface area contributed by atoms with Gasteiger partial charge in [0.2, 0.25) is 0 Å². The summed E-state index contributed by atoms with van der Waals surface area (Å²) in [6.45, 7) is 9.63. The van der Waals surface area contributed by atoms with E-state index in [0.717, 1.165) is 24.9 Å². The Balaban J connectivity index is 1.15. The lowest BCUT2D eigenvalue weighted by Gasteiger charge is -2.34. The molecule has 0 aliphatic carbocycles. The summed E-state index contributed by atoms with van der Waals surface area (Å²) in [6.07, 6.45) is 2.12. The molecule has 0 atom stereocenters. The fourth-order valence-electron chi connectivity index (χ4n) is 6.01. The van der Waals surface area contributed by atoms with Crippen LogP contribution in [0.4, 0.5) is 0 Å². The normalized spacial score (nSPS) is 12.9. The number of aromatic amines is 2. The highest BCUT2D eigenvalue weighted by molar-refractivity contribution is 6.84. The summed E-state index contributed by atoms with van der Waals surface area (Å²) < 4.78 is 7.07. The summed E-state index contributed by atoms with van der Waals surface area (Å²) in [5.74, 6) is 0. The van der Waals surface area contributed by atoms with E-state index in [1.807, 2.05) is 0 Å². The molecular weight excluding hydrogens is 485 g/mol. The number of aromatic nitrogens is 2. The van der Waals surface area contributed by atoms with Crippen molar-refractivity contribution in [3.8, 4) is 0 Å². The standard InChI is InChI=1S/C32H36N2OSi2/c1-36(2,21-19-23-11-9-15-27-25-13-5-7-17-29(25)33-31(23)27)35-37(3,4)22-20-24-12-10-16-28-26-14-6-8-18-30(26)34-32(24)28/h5-18,33-34H,19-22H2,1-4H3. The zero-order chi connectivity index (χ0) is 25.6. The maximum atomic E-state index is 7.07. The van der Waals surface area contributed by atoms with Crippen molar-refractivity contribution in [1.82, 2.24) is 9.97 Å². The largest absolute Gasteiger partial charge is 0.455 e. The van der Waals surface area contributed by atoms with Gasteiger partial charge >= 0.3 is 0 Å². The van der Waals surface area contributed by atoms with Crippen LogP contribution in [0.3, 0.4) is 0 Å².